The van der Waals surface area contributed by atoms with E-state index in [1.54, 1.807) is 12.1 Å². The maximum Gasteiger partial charge on any atom is 0.255 e. The van der Waals surface area contributed by atoms with Crippen LogP contribution in [0.4, 0.5) is 5.69 Å². The van der Waals surface area contributed by atoms with Gasteiger partial charge in [0.1, 0.15) is 6.61 Å². The van der Waals surface area contributed by atoms with Gasteiger partial charge < -0.3 is 14.8 Å². The topological polar surface area (TPSA) is 47.6 Å². The molecule has 0 saturated carbocycles. The summed E-state index contributed by atoms with van der Waals surface area (Å²) in [4.78, 5) is 12.7. The molecule has 0 aliphatic carbocycles. The average molecular weight is 396 g/mol. The Hall–Kier alpha value is -2.98. The SMILES string of the molecule is CCOc1c(Cl)cc(C(=O)Nc2ccccc2C)cc1OCc1ccccc1. The van der Waals surface area contributed by atoms with Crippen molar-refractivity contribution in [3.8, 4) is 11.5 Å². The number of carbonyl (C=O) groups is 1. The summed E-state index contributed by atoms with van der Waals surface area (Å²) in [6.45, 7) is 4.60. The van der Waals surface area contributed by atoms with E-state index in [0.29, 0.717) is 35.3 Å². The number of anilines is 1. The van der Waals surface area contributed by atoms with Crippen LogP contribution in [0.5, 0.6) is 11.5 Å². The van der Waals surface area contributed by atoms with Gasteiger partial charge in [0.15, 0.2) is 11.5 Å². The smallest absolute Gasteiger partial charge is 0.255 e. The molecule has 3 aromatic rings. The summed E-state index contributed by atoms with van der Waals surface area (Å²) in [7, 11) is 0. The molecule has 0 fully saturated rings. The predicted octanol–water partition coefficient (Wildman–Crippen LogP) is 5.88. The van der Waals surface area contributed by atoms with E-state index < -0.39 is 0 Å². The predicted molar refractivity (Wildman–Crippen MR) is 113 cm³/mol. The number of aryl methyl sites for hydroxylation is 1. The number of benzene rings is 3. The van der Waals surface area contributed by atoms with Gasteiger partial charge in [-0.2, -0.15) is 0 Å². The molecule has 28 heavy (non-hydrogen) atoms. The summed E-state index contributed by atoms with van der Waals surface area (Å²) in [6.07, 6.45) is 0. The molecule has 4 nitrogen and oxygen atoms in total. The van der Waals surface area contributed by atoms with Gasteiger partial charge in [0.25, 0.3) is 5.91 Å². The fourth-order valence-electron chi connectivity index (χ4n) is 2.73. The highest BCUT2D eigenvalue weighted by Crippen LogP contribution is 2.37. The molecular formula is C23H22ClNO3. The molecule has 3 rings (SSSR count). The van der Waals surface area contributed by atoms with E-state index >= 15 is 0 Å². The molecule has 144 valence electrons. The molecule has 0 unspecified atom stereocenters. The summed E-state index contributed by atoms with van der Waals surface area (Å²) >= 11 is 6.39. The van der Waals surface area contributed by atoms with Gasteiger partial charge >= 0.3 is 0 Å². The first kappa shape index (κ1) is 19.8. The first-order valence-electron chi connectivity index (χ1n) is 9.08. The Morgan fingerprint density at radius 1 is 1.00 bits per heavy atom. The van der Waals surface area contributed by atoms with Crippen LogP contribution in [0.15, 0.2) is 66.7 Å². The molecule has 0 saturated heterocycles. The lowest BCUT2D eigenvalue weighted by Crippen LogP contribution is -2.13. The van der Waals surface area contributed by atoms with Gasteiger partial charge in [-0.3, -0.25) is 4.79 Å². The highest BCUT2D eigenvalue weighted by Gasteiger charge is 2.17. The quantitative estimate of drug-likeness (QED) is 0.543. The molecule has 0 aromatic heterocycles. The highest BCUT2D eigenvalue weighted by atomic mass is 35.5. The molecule has 0 bridgehead atoms. The highest BCUT2D eigenvalue weighted by molar-refractivity contribution is 6.32. The van der Waals surface area contributed by atoms with E-state index in [1.165, 1.54) is 0 Å². The second-order valence-corrected chi connectivity index (χ2v) is 6.67. The summed E-state index contributed by atoms with van der Waals surface area (Å²) in [5.41, 5.74) is 3.15. The van der Waals surface area contributed by atoms with E-state index in [4.69, 9.17) is 21.1 Å². The summed E-state index contributed by atoms with van der Waals surface area (Å²) < 4.78 is 11.6. The van der Waals surface area contributed by atoms with Crippen molar-refractivity contribution in [1.29, 1.82) is 0 Å². The number of rotatable bonds is 7. The van der Waals surface area contributed by atoms with Crippen LogP contribution >= 0.6 is 11.6 Å². The molecule has 3 aromatic carbocycles. The molecule has 0 aliphatic heterocycles. The van der Waals surface area contributed by atoms with Crippen LogP contribution < -0.4 is 14.8 Å². The van der Waals surface area contributed by atoms with Crippen molar-refractivity contribution >= 4 is 23.2 Å². The van der Waals surface area contributed by atoms with Crippen LogP contribution in [-0.2, 0) is 6.61 Å². The monoisotopic (exact) mass is 395 g/mol. The zero-order valence-electron chi connectivity index (χ0n) is 15.9. The normalized spacial score (nSPS) is 10.4. The Bertz CT molecular complexity index is 957. The first-order valence-corrected chi connectivity index (χ1v) is 9.46. The average Bonchev–Trinajstić information content (AvgIpc) is 2.70. The Labute approximate surface area is 170 Å². The van der Waals surface area contributed by atoms with Crippen molar-refractivity contribution in [2.75, 3.05) is 11.9 Å². The lowest BCUT2D eigenvalue weighted by molar-refractivity contribution is 0.102. The first-order chi connectivity index (χ1) is 13.6. The van der Waals surface area contributed by atoms with Crippen LogP contribution in [0.3, 0.4) is 0 Å². The number of nitrogens with one attached hydrogen (secondary N) is 1. The molecule has 5 heteroatoms. The number of hydrogen-bond donors (Lipinski definition) is 1. The van der Waals surface area contributed by atoms with Crippen LogP contribution in [-0.4, -0.2) is 12.5 Å². The molecule has 1 N–H and O–H groups in total. The third-order valence-corrected chi connectivity index (χ3v) is 4.47. The van der Waals surface area contributed by atoms with E-state index in [-0.39, 0.29) is 5.91 Å². The standard InChI is InChI=1S/C23H22ClNO3/c1-3-27-22-19(24)13-18(23(26)25-20-12-8-7-9-16(20)2)14-21(22)28-15-17-10-5-4-6-11-17/h4-14H,3,15H2,1-2H3,(H,25,26). The van der Waals surface area contributed by atoms with Gasteiger partial charge in [-0.25, -0.2) is 0 Å². The summed E-state index contributed by atoms with van der Waals surface area (Å²) in [5, 5.41) is 3.25. The molecular weight excluding hydrogens is 374 g/mol. The number of ether oxygens (including phenoxy) is 2. The Morgan fingerprint density at radius 2 is 1.71 bits per heavy atom. The molecule has 0 spiro atoms. The van der Waals surface area contributed by atoms with Gasteiger partial charge in [0.05, 0.1) is 11.6 Å². The maximum absolute atomic E-state index is 12.7. The number of halogens is 1. The van der Waals surface area contributed by atoms with Gasteiger partial charge in [-0.15, -0.1) is 0 Å². The fourth-order valence-corrected chi connectivity index (χ4v) is 3.00. The zero-order valence-corrected chi connectivity index (χ0v) is 16.6. The largest absolute Gasteiger partial charge is 0.488 e. The van der Waals surface area contributed by atoms with Crippen molar-refractivity contribution in [2.45, 2.75) is 20.5 Å². The van der Waals surface area contributed by atoms with E-state index in [9.17, 15) is 4.79 Å². The second kappa shape index (κ2) is 9.29. The Kier molecular flexibility index (Phi) is 6.56. The van der Waals surface area contributed by atoms with Crippen LogP contribution in [0.25, 0.3) is 0 Å². The van der Waals surface area contributed by atoms with Gasteiger partial charge in [0.2, 0.25) is 0 Å². The molecule has 0 atom stereocenters. The third kappa shape index (κ3) is 4.84. The van der Waals surface area contributed by atoms with Crippen LogP contribution in [0, 0.1) is 6.92 Å². The molecule has 0 radical (unpaired) electrons. The van der Waals surface area contributed by atoms with Crippen molar-refractivity contribution in [3.63, 3.8) is 0 Å². The van der Waals surface area contributed by atoms with E-state index in [2.05, 4.69) is 5.32 Å². The zero-order chi connectivity index (χ0) is 19.9. The van der Waals surface area contributed by atoms with Crippen molar-refractivity contribution in [2.24, 2.45) is 0 Å². The molecule has 1 amide bonds. The Morgan fingerprint density at radius 3 is 2.43 bits per heavy atom. The second-order valence-electron chi connectivity index (χ2n) is 6.26. The minimum absolute atomic E-state index is 0.260. The molecule has 0 aliphatic rings. The van der Waals surface area contributed by atoms with Crippen LogP contribution in [0.1, 0.15) is 28.4 Å². The number of para-hydroxylation sites is 1. The van der Waals surface area contributed by atoms with Crippen molar-refractivity contribution in [1.82, 2.24) is 0 Å². The van der Waals surface area contributed by atoms with Crippen molar-refractivity contribution < 1.29 is 14.3 Å². The lowest BCUT2D eigenvalue weighted by Gasteiger charge is -2.15. The lowest BCUT2D eigenvalue weighted by atomic mass is 10.1. The van der Waals surface area contributed by atoms with E-state index in [1.807, 2.05) is 68.4 Å². The summed E-state index contributed by atoms with van der Waals surface area (Å²) in [6, 6.07) is 20.6. The van der Waals surface area contributed by atoms with E-state index in [0.717, 1.165) is 16.8 Å². The fraction of sp³-hybridized carbons (Fsp3) is 0.174. The van der Waals surface area contributed by atoms with Crippen molar-refractivity contribution in [3.05, 3.63) is 88.4 Å². The van der Waals surface area contributed by atoms with Gasteiger partial charge in [0, 0.05) is 11.3 Å². The van der Waals surface area contributed by atoms with Gasteiger partial charge in [-0.1, -0.05) is 60.1 Å². The Balaban J connectivity index is 1.86. The van der Waals surface area contributed by atoms with Crippen LogP contribution in [0.2, 0.25) is 5.02 Å². The third-order valence-electron chi connectivity index (χ3n) is 4.19. The molecule has 0 heterocycles. The van der Waals surface area contributed by atoms with Gasteiger partial charge in [-0.05, 0) is 43.2 Å². The summed E-state index contributed by atoms with van der Waals surface area (Å²) in [5.74, 6) is 0.615. The maximum atomic E-state index is 12.7. The minimum Gasteiger partial charge on any atom is -0.488 e. The number of carbonyl (C=O) groups excluding carboxylic acids is 1. The number of amides is 1. The minimum atomic E-state index is -0.260. The number of hydrogen-bond acceptors (Lipinski definition) is 3.